The van der Waals surface area contributed by atoms with Gasteiger partial charge in [-0.2, -0.15) is 0 Å². The Bertz CT molecular complexity index is 872. The van der Waals surface area contributed by atoms with Crippen LogP contribution in [0.4, 0.5) is 0 Å². The molecule has 0 spiro atoms. The highest BCUT2D eigenvalue weighted by atomic mass is 16.5. The molecule has 0 saturated heterocycles. The van der Waals surface area contributed by atoms with Crippen molar-refractivity contribution in [2.45, 2.75) is 6.92 Å². The van der Waals surface area contributed by atoms with Crippen LogP contribution in [0, 0.1) is 6.92 Å². The molecule has 0 unspecified atom stereocenters. The molecule has 0 aromatic heterocycles. The molecule has 136 valence electrons. The molecule has 26 heavy (non-hydrogen) atoms. The molecule has 0 bridgehead atoms. The lowest BCUT2D eigenvalue weighted by Crippen LogP contribution is -2.00. The van der Waals surface area contributed by atoms with Crippen molar-refractivity contribution in [1.82, 2.24) is 0 Å². The molecule has 1 aliphatic heterocycles. The lowest BCUT2D eigenvalue weighted by atomic mass is 10.0. The van der Waals surface area contributed by atoms with E-state index in [4.69, 9.17) is 23.7 Å². The van der Waals surface area contributed by atoms with E-state index in [0.29, 0.717) is 39.9 Å². The molecule has 1 aliphatic rings. The SMILES string of the molecule is COc1cc(C)c2c(c1)O/C(=C\c1cc(OC)c(OC)c(OC)c1)C2=O. The summed E-state index contributed by atoms with van der Waals surface area (Å²) >= 11 is 0. The zero-order valence-electron chi connectivity index (χ0n) is 15.3. The van der Waals surface area contributed by atoms with Gasteiger partial charge in [0, 0.05) is 6.07 Å². The fourth-order valence-electron chi connectivity index (χ4n) is 2.93. The zero-order chi connectivity index (χ0) is 18.8. The normalized spacial score (nSPS) is 14.0. The van der Waals surface area contributed by atoms with Gasteiger partial charge >= 0.3 is 0 Å². The van der Waals surface area contributed by atoms with Crippen LogP contribution in [0.3, 0.4) is 0 Å². The van der Waals surface area contributed by atoms with Crippen LogP contribution in [0.5, 0.6) is 28.7 Å². The quantitative estimate of drug-likeness (QED) is 0.762. The highest BCUT2D eigenvalue weighted by Gasteiger charge is 2.30. The first-order valence-electron chi connectivity index (χ1n) is 7.95. The maximum absolute atomic E-state index is 12.7. The molecule has 0 saturated carbocycles. The molecule has 1 heterocycles. The summed E-state index contributed by atoms with van der Waals surface area (Å²) in [5.41, 5.74) is 2.04. The van der Waals surface area contributed by atoms with Gasteiger partial charge in [-0.3, -0.25) is 4.79 Å². The van der Waals surface area contributed by atoms with Gasteiger partial charge < -0.3 is 23.7 Å². The number of fused-ring (bicyclic) bond motifs is 1. The van der Waals surface area contributed by atoms with Crippen LogP contribution in [-0.2, 0) is 0 Å². The van der Waals surface area contributed by atoms with Crippen molar-refractivity contribution in [1.29, 1.82) is 0 Å². The fourth-order valence-corrected chi connectivity index (χ4v) is 2.93. The minimum atomic E-state index is -0.172. The third-order valence-electron chi connectivity index (χ3n) is 4.16. The number of ether oxygens (including phenoxy) is 5. The molecule has 0 atom stereocenters. The number of benzene rings is 2. The lowest BCUT2D eigenvalue weighted by molar-refractivity contribution is 0.101. The standard InChI is InChI=1S/C20H20O6/c1-11-6-13(22-2)10-14-18(11)19(21)15(26-14)7-12-8-16(23-3)20(25-5)17(9-12)24-4/h6-10H,1-5H3/b15-7-. The van der Waals surface area contributed by atoms with Gasteiger partial charge in [-0.25, -0.2) is 0 Å². The van der Waals surface area contributed by atoms with E-state index in [1.54, 1.807) is 31.4 Å². The van der Waals surface area contributed by atoms with E-state index in [1.807, 2.05) is 13.0 Å². The number of allylic oxidation sites excluding steroid dienone is 1. The van der Waals surface area contributed by atoms with E-state index in [9.17, 15) is 4.79 Å². The second-order valence-electron chi connectivity index (χ2n) is 5.72. The number of methoxy groups -OCH3 is 4. The molecule has 0 N–H and O–H groups in total. The Kier molecular flexibility index (Phi) is 4.75. The predicted octanol–water partition coefficient (Wildman–Crippen LogP) is 3.65. The third-order valence-corrected chi connectivity index (χ3v) is 4.16. The first-order chi connectivity index (χ1) is 12.5. The topological polar surface area (TPSA) is 63.2 Å². The van der Waals surface area contributed by atoms with Gasteiger partial charge in [0.05, 0.1) is 34.0 Å². The van der Waals surface area contributed by atoms with Crippen LogP contribution in [0.1, 0.15) is 21.5 Å². The van der Waals surface area contributed by atoms with Gasteiger partial charge in [0.15, 0.2) is 17.3 Å². The Balaban J connectivity index is 2.04. The maximum atomic E-state index is 12.7. The maximum Gasteiger partial charge on any atom is 0.232 e. The number of carbonyl (C=O) groups excluding carboxylic acids is 1. The summed E-state index contributed by atoms with van der Waals surface area (Å²) in [4.78, 5) is 12.7. The summed E-state index contributed by atoms with van der Waals surface area (Å²) in [6, 6.07) is 7.02. The zero-order valence-corrected chi connectivity index (χ0v) is 15.3. The van der Waals surface area contributed by atoms with Crippen molar-refractivity contribution in [2.75, 3.05) is 28.4 Å². The molecule has 6 nitrogen and oxygen atoms in total. The number of Topliss-reactive ketones (excluding diaryl/α,β-unsaturated/α-hetero) is 1. The molecule has 0 radical (unpaired) electrons. The smallest absolute Gasteiger partial charge is 0.232 e. The number of aryl methyl sites for hydroxylation is 1. The van der Waals surface area contributed by atoms with Crippen LogP contribution in [0.2, 0.25) is 0 Å². The minimum Gasteiger partial charge on any atom is -0.497 e. The molecule has 2 aromatic carbocycles. The second kappa shape index (κ2) is 7.00. The van der Waals surface area contributed by atoms with Crippen molar-refractivity contribution in [2.24, 2.45) is 0 Å². The van der Waals surface area contributed by atoms with Crippen molar-refractivity contribution in [3.8, 4) is 28.7 Å². The summed E-state index contributed by atoms with van der Waals surface area (Å²) in [6.07, 6.45) is 1.65. The Morgan fingerprint density at radius 3 is 2.08 bits per heavy atom. The summed E-state index contributed by atoms with van der Waals surface area (Å²) in [5.74, 6) is 2.67. The molecule has 0 amide bonds. The molecule has 0 aliphatic carbocycles. The average Bonchev–Trinajstić information content (AvgIpc) is 2.96. The summed E-state index contributed by atoms with van der Waals surface area (Å²) in [5, 5.41) is 0. The number of carbonyl (C=O) groups is 1. The van der Waals surface area contributed by atoms with Gasteiger partial charge in [0.25, 0.3) is 0 Å². The monoisotopic (exact) mass is 356 g/mol. The Labute approximate surface area is 151 Å². The van der Waals surface area contributed by atoms with Gasteiger partial charge in [0.1, 0.15) is 11.5 Å². The molecular formula is C20H20O6. The Hall–Kier alpha value is -3.15. The molecule has 2 aromatic rings. The predicted molar refractivity (Wildman–Crippen MR) is 96.8 cm³/mol. The summed E-state index contributed by atoms with van der Waals surface area (Å²) in [6.45, 7) is 1.85. The summed E-state index contributed by atoms with van der Waals surface area (Å²) < 4.78 is 27.0. The third kappa shape index (κ3) is 2.94. The van der Waals surface area contributed by atoms with Crippen LogP contribution >= 0.6 is 0 Å². The first kappa shape index (κ1) is 17.7. The van der Waals surface area contributed by atoms with E-state index in [2.05, 4.69) is 0 Å². The Morgan fingerprint density at radius 2 is 1.54 bits per heavy atom. The first-order valence-corrected chi connectivity index (χ1v) is 7.95. The second-order valence-corrected chi connectivity index (χ2v) is 5.72. The van der Waals surface area contributed by atoms with Crippen molar-refractivity contribution in [3.05, 3.63) is 46.7 Å². The molecule has 0 fully saturated rings. The lowest BCUT2D eigenvalue weighted by Gasteiger charge is -2.13. The van der Waals surface area contributed by atoms with Gasteiger partial charge in [-0.1, -0.05) is 0 Å². The van der Waals surface area contributed by atoms with Crippen molar-refractivity contribution in [3.63, 3.8) is 0 Å². The van der Waals surface area contributed by atoms with Gasteiger partial charge in [0.2, 0.25) is 11.5 Å². The largest absolute Gasteiger partial charge is 0.497 e. The highest BCUT2D eigenvalue weighted by Crippen LogP contribution is 2.41. The number of rotatable bonds is 5. The van der Waals surface area contributed by atoms with E-state index in [1.165, 1.54) is 21.3 Å². The molecule has 3 rings (SSSR count). The average molecular weight is 356 g/mol. The van der Waals surface area contributed by atoms with E-state index >= 15 is 0 Å². The van der Waals surface area contributed by atoms with E-state index < -0.39 is 0 Å². The number of hydrogen-bond donors (Lipinski definition) is 0. The number of ketones is 1. The Morgan fingerprint density at radius 1 is 0.885 bits per heavy atom. The highest BCUT2D eigenvalue weighted by molar-refractivity contribution is 6.15. The van der Waals surface area contributed by atoms with Crippen LogP contribution in [0.25, 0.3) is 6.08 Å². The number of hydrogen-bond acceptors (Lipinski definition) is 6. The molecular weight excluding hydrogens is 336 g/mol. The fraction of sp³-hybridized carbons (Fsp3) is 0.250. The van der Waals surface area contributed by atoms with Crippen LogP contribution < -0.4 is 23.7 Å². The minimum absolute atomic E-state index is 0.172. The van der Waals surface area contributed by atoms with E-state index in [0.717, 1.165) is 5.56 Å². The van der Waals surface area contributed by atoms with Crippen molar-refractivity contribution >= 4 is 11.9 Å². The molecule has 6 heteroatoms. The van der Waals surface area contributed by atoms with Crippen LogP contribution in [-0.4, -0.2) is 34.2 Å². The van der Waals surface area contributed by atoms with Crippen molar-refractivity contribution < 1.29 is 28.5 Å². The van der Waals surface area contributed by atoms with Gasteiger partial charge in [-0.15, -0.1) is 0 Å². The van der Waals surface area contributed by atoms with Crippen LogP contribution in [0.15, 0.2) is 30.0 Å². The summed E-state index contributed by atoms with van der Waals surface area (Å²) in [7, 11) is 6.19. The van der Waals surface area contributed by atoms with Gasteiger partial charge in [-0.05, 0) is 42.3 Å². The van der Waals surface area contributed by atoms with E-state index in [-0.39, 0.29) is 11.5 Å².